The van der Waals surface area contributed by atoms with Gasteiger partial charge in [-0.15, -0.1) is 0 Å². The Balaban J connectivity index is 1.22. The second-order valence-electron chi connectivity index (χ2n) is 19.8. The molecule has 0 aliphatic heterocycles. The smallest absolute Gasteiger partial charge is 0.0728 e. The van der Waals surface area contributed by atoms with Crippen LogP contribution in [-0.4, -0.2) is 14.4 Å². The molecular formula is C45H45N3. The summed E-state index contributed by atoms with van der Waals surface area (Å²) in [5, 5.41) is 5.92. The van der Waals surface area contributed by atoms with Gasteiger partial charge in [0, 0.05) is 32.4 Å². The van der Waals surface area contributed by atoms with Crippen LogP contribution in [0.15, 0.2) is 54.9 Å². The molecule has 240 valence electrons. The minimum atomic E-state index is 0.181. The van der Waals surface area contributed by atoms with Crippen molar-refractivity contribution >= 4 is 38.1 Å². The molecule has 1 spiro atoms. The van der Waals surface area contributed by atoms with Gasteiger partial charge in [0.1, 0.15) is 0 Å². The Labute approximate surface area is 282 Å². The number of hydrogen-bond acceptors (Lipinski definition) is 2. The molecule has 4 heterocycles. The molecule has 3 nitrogen and oxygen atoms in total. The molecular weight excluding hydrogens is 583 g/mol. The summed E-state index contributed by atoms with van der Waals surface area (Å²) in [6.45, 7) is 10.4. The van der Waals surface area contributed by atoms with E-state index in [1.165, 1.54) is 125 Å². The zero-order valence-electron chi connectivity index (χ0n) is 28.9. The first-order chi connectivity index (χ1) is 23.1. The molecule has 0 saturated heterocycles. The average Bonchev–Trinajstić information content (AvgIpc) is 3.67. The van der Waals surface area contributed by atoms with Gasteiger partial charge in [-0.3, -0.25) is 9.97 Å². The van der Waals surface area contributed by atoms with Crippen molar-refractivity contribution in [3.63, 3.8) is 0 Å². The molecule has 7 unspecified atom stereocenters. The SMILES string of the molecule is CC12CC3CC(C1)CC(C)(C3)c1c2ncc2c1c1cc(-c3ccccc3)cc3c4c5c(ncc4n2c13)C1(C)CC2CC3CC5(C)CC23C1. The summed E-state index contributed by atoms with van der Waals surface area (Å²) >= 11 is 0. The molecule has 48 heavy (non-hydrogen) atoms. The van der Waals surface area contributed by atoms with Gasteiger partial charge in [-0.05, 0) is 139 Å². The third kappa shape index (κ3) is 2.71. The van der Waals surface area contributed by atoms with Crippen LogP contribution in [0.1, 0.15) is 114 Å². The predicted octanol–water partition coefficient (Wildman–Crippen LogP) is 10.8. The van der Waals surface area contributed by atoms with Gasteiger partial charge in [-0.25, -0.2) is 0 Å². The Morgan fingerprint density at radius 1 is 0.604 bits per heavy atom. The van der Waals surface area contributed by atoms with E-state index in [0.29, 0.717) is 5.41 Å². The van der Waals surface area contributed by atoms with Gasteiger partial charge < -0.3 is 4.40 Å². The van der Waals surface area contributed by atoms with Crippen LogP contribution in [-0.2, 0) is 21.7 Å². The first-order valence-corrected chi connectivity index (χ1v) is 19.2. The van der Waals surface area contributed by atoms with Crippen molar-refractivity contribution in [3.8, 4) is 11.1 Å². The van der Waals surface area contributed by atoms with Gasteiger partial charge in [-0.2, -0.15) is 0 Å². The Hall–Kier alpha value is -3.46. The highest BCUT2D eigenvalue weighted by molar-refractivity contribution is 6.26. The Morgan fingerprint density at radius 3 is 1.83 bits per heavy atom. The number of fused-ring (bicyclic) bond motifs is 12. The summed E-state index contributed by atoms with van der Waals surface area (Å²) in [4.78, 5) is 11.2. The van der Waals surface area contributed by atoms with Gasteiger partial charge >= 0.3 is 0 Å². The molecule has 14 rings (SSSR count). The van der Waals surface area contributed by atoms with Crippen molar-refractivity contribution in [1.82, 2.24) is 14.4 Å². The second kappa shape index (κ2) is 7.64. The van der Waals surface area contributed by atoms with Crippen LogP contribution in [0.2, 0.25) is 0 Å². The van der Waals surface area contributed by atoms with Crippen molar-refractivity contribution in [2.24, 2.45) is 29.1 Å². The predicted molar refractivity (Wildman–Crippen MR) is 194 cm³/mol. The molecule has 0 N–H and O–H groups in total. The first-order valence-electron chi connectivity index (χ1n) is 19.2. The fraction of sp³-hybridized carbons (Fsp3) is 0.511. The van der Waals surface area contributed by atoms with E-state index >= 15 is 0 Å². The number of hydrogen-bond donors (Lipinski definition) is 0. The summed E-state index contributed by atoms with van der Waals surface area (Å²) in [7, 11) is 0. The minimum absolute atomic E-state index is 0.181. The van der Waals surface area contributed by atoms with Gasteiger partial charge in [0.05, 0.1) is 40.3 Å². The maximum absolute atomic E-state index is 5.61. The van der Waals surface area contributed by atoms with Crippen LogP contribution < -0.4 is 0 Å². The van der Waals surface area contributed by atoms with Crippen LogP contribution in [0.4, 0.5) is 0 Å². The molecule has 4 aromatic heterocycles. The first kappa shape index (κ1) is 26.4. The number of aromatic nitrogens is 3. The van der Waals surface area contributed by atoms with Gasteiger partial charge in [-0.1, -0.05) is 58.0 Å². The average molecular weight is 628 g/mol. The van der Waals surface area contributed by atoms with Gasteiger partial charge in [0.2, 0.25) is 0 Å². The molecule has 2 aromatic carbocycles. The lowest BCUT2D eigenvalue weighted by atomic mass is 9.56. The molecule has 5 fully saturated rings. The highest BCUT2D eigenvalue weighted by Crippen LogP contribution is 2.79. The van der Waals surface area contributed by atoms with E-state index in [0.717, 1.165) is 23.7 Å². The van der Waals surface area contributed by atoms with E-state index in [1.54, 1.807) is 11.1 Å². The van der Waals surface area contributed by atoms with Crippen molar-refractivity contribution in [2.75, 3.05) is 0 Å². The van der Waals surface area contributed by atoms with E-state index in [9.17, 15) is 0 Å². The zero-order chi connectivity index (χ0) is 31.7. The van der Waals surface area contributed by atoms with E-state index in [4.69, 9.17) is 9.97 Å². The third-order valence-corrected chi connectivity index (χ3v) is 16.6. The number of benzene rings is 2. The Bertz CT molecular complexity index is 2460. The summed E-state index contributed by atoms with van der Waals surface area (Å²) < 4.78 is 2.64. The van der Waals surface area contributed by atoms with Crippen molar-refractivity contribution < 1.29 is 0 Å². The van der Waals surface area contributed by atoms with Crippen molar-refractivity contribution in [1.29, 1.82) is 0 Å². The maximum Gasteiger partial charge on any atom is 0.0728 e. The third-order valence-electron chi connectivity index (χ3n) is 16.6. The standard InChI is InChI=1S/C45H45N3/c1-41-14-24-10-25(15-41)17-42(2,16-24)39-36(41)34-30-11-27(26-8-6-5-7-9-26)12-31-35-33(48(38(30)31)32(34)20-46-39)21-47-40-37(35)43(3)18-28-13-29-19-44(40,4)23-45(28,29)22-43/h5-9,11-12,20-21,24-25,28-29H,10,13-19,22-23H2,1-4H3. The van der Waals surface area contributed by atoms with Crippen LogP contribution in [0.3, 0.4) is 0 Å². The molecule has 7 atom stereocenters. The van der Waals surface area contributed by atoms with Gasteiger partial charge in [0.15, 0.2) is 0 Å². The number of nitrogens with zero attached hydrogens (tertiary/aromatic N) is 3. The van der Waals surface area contributed by atoms with Crippen LogP contribution >= 0.6 is 0 Å². The fourth-order valence-corrected chi connectivity index (χ4v) is 15.7. The molecule has 8 aliphatic rings. The lowest BCUT2D eigenvalue weighted by molar-refractivity contribution is 0.00219. The largest absolute Gasteiger partial charge is 0.305 e. The van der Waals surface area contributed by atoms with E-state index in [1.807, 2.05) is 0 Å². The van der Waals surface area contributed by atoms with E-state index in [-0.39, 0.29) is 21.7 Å². The second-order valence-corrected chi connectivity index (χ2v) is 19.8. The Kier molecular flexibility index (Phi) is 4.21. The number of pyridine rings is 2. The summed E-state index contributed by atoms with van der Waals surface area (Å²) in [5.74, 6) is 3.47. The quantitative estimate of drug-likeness (QED) is 0.182. The summed E-state index contributed by atoms with van der Waals surface area (Å²) in [5.41, 5.74) is 14.1. The zero-order valence-corrected chi connectivity index (χ0v) is 28.9. The van der Waals surface area contributed by atoms with E-state index < -0.39 is 0 Å². The molecule has 8 aliphatic carbocycles. The normalized spacial score (nSPS) is 41.3. The van der Waals surface area contributed by atoms with E-state index in [2.05, 4.69) is 87.0 Å². The molecule has 6 aromatic rings. The van der Waals surface area contributed by atoms with Gasteiger partial charge in [0.25, 0.3) is 0 Å². The molecule has 7 bridgehead atoms. The topological polar surface area (TPSA) is 30.2 Å². The number of rotatable bonds is 1. The highest BCUT2D eigenvalue weighted by atomic mass is 15.0. The summed E-state index contributed by atoms with van der Waals surface area (Å²) in [6.07, 6.45) is 18.1. The van der Waals surface area contributed by atoms with Crippen molar-refractivity contribution in [3.05, 3.63) is 77.4 Å². The summed E-state index contributed by atoms with van der Waals surface area (Å²) in [6, 6.07) is 16.3. The lowest BCUT2D eigenvalue weighted by Crippen LogP contribution is -2.41. The molecule has 0 amide bonds. The molecule has 0 radical (unpaired) electrons. The molecule has 3 heteroatoms. The minimum Gasteiger partial charge on any atom is -0.305 e. The lowest BCUT2D eigenvalue weighted by Gasteiger charge is -2.49. The highest BCUT2D eigenvalue weighted by Gasteiger charge is 2.72. The van der Waals surface area contributed by atoms with Crippen LogP contribution in [0.25, 0.3) is 49.2 Å². The van der Waals surface area contributed by atoms with Crippen LogP contribution in [0.5, 0.6) is 0 Å². The van der Waals surface area contributed by atoms with Crippen molar-refractivity contribution in [2.45, 2.75) is 114 Å². The monoisotopic (exact) mass is 627 g/mol. The Morgan fingerprint density at radius 2 is 1.17 bits per heavy atom. The maximum atomic E-state index is 5.61. The fourth-order valence-electron chi connectivity index (χ4n) is 15.7. The molecule has 5 saturated carbocycles. The van der Waals surface area contributed by atoms with Crippen LogP contribution in [0, 0.1) is 29.1 Å².